The van der Waals surface area contributed by atoms with E-state index in [4.69, 9.17) is 6.42 Å². The molecule has 1 aromatic carbocycles. The van der Waals surface area contributed by atoms with Crippen molar-refractivity contribution in [3.63, 3.8) is 0 Å². The van der Waals surface area contributed by atoms with E-state index in [-0.39, 0.29) is 0 Å². The van der Waals surface area contributed by atoms with Gasteiger partial charge in [-0.1, -0.05) is 21.9 Å². The number of nitrogens with zero attached hydrogens (tertiary/aromatic N) is 2. The summed E-state index contributed by atoms with van der Waals surface area (Å²) >= 11 is 3.46. The molecule has 0 saturated carbocycles. The second kappa shape index (κ2) is 7.20. The number of aliphatic imine (C=N–C) groups is 1. The molecule has 1 heterocycles. The van der Waals surface area contributed by atoms with Gasteiger partial charge in [0.2, 0.25) is 0 Å². The monoisotopic (exact) mass is 334 g/mol. The highest BCUT2D eigenvalue weighted by Crippen LogP contribution is 2.22. The Labute approximate surface area is 128 Å². The molecule has 106 valence electrons. The van der Waals surface area contributed by atoms with Crippen molar-refractivity contribution < 1.29 is 0 Å². The summed E-state index contributed by atoms with van der Waals surface area (Å²) in [5, 5.41) is 6.49. The predicted molar refractivity (Wildman–Crippen MR) is 88.1 cm³/mol. The number of nitrogens with one attached hydrogen (secondary N) is 2. The normalized spacial score (nSPS) is 18.8. The van der Waals surface area contributed by atoms with Gasteiger partial charge in [-0.15, -0.1) is 6.42 Å². The van der Waals surface area contributed by atoms with Crippen molar-refractivity contribution in [2.24, 2.45) is 4.99 Å². The van der Waals surface area contributed by atoms with Crippen LogP contribution in [0.3, 0.4) is 0 Å². The Balaban J connectivity index is 1.89. The van der Waals surface area contributed by atoms with Gasteiger partial charge < -0.3 is 15.5 Å². The highest BCUT2D eigenvalue weighted by Gasteiger charge is 2.23. The van der Waals surface area contributed by atoms with E-state index in [1.165, 1.54) is 5.69 Å². The Hall–Kier alpha value is -1.67. The molecule has 1 aromatic rings. The summed E-state index contributed by atoms with van der Waals surface area (Å²) in [4.78, 5) is 6.55. The Morgan fingerprint density at radius 1 is 1.50 bits per heavy atom. The van der Waals surface area contributed by atoms with Crippen molar-refractivity contribution in [2.75, 3.05) is 31.6 Å². The van der Waals surface area contributed by atoms with Gasteiger partial charge in [0, 0.05) is 36.3 Å². The minimum absolute atomic E-state index is 0.391. The number of halogens is 1. The van der Waals surface area contributed by atoms with E-state index in [9.17, 15) is 0 Å². The summed E-state index contributed by atoms with van der Waals surface area (Å²) in [5.74, 6) is 3.32. The molecule has 0 aliphatic carbocycles. The predicted octanol–water partition coefficient (Wildman–Crippen LogP) is 1.83. The number of rotatable bonds is 3. The van der Waals surface area contributed by atoms with E-state index in [0.29, 0.717) is 12.6 Å². The van der Waals surface area contributed by atoms with E-state index in [0.717, 1.165) is 29.9 Å². The standard InChI is InChI=1S/C15H19BrN4/c1-3-9-18-15(17-2)19-13-8-10-20(11-13)14-6-4-12(16)5-7-14/h1,4-7,13H,8-11H2,2H3,(H2,17,18,19). The Kier molecular flexibility index (Phi) is 5.31. The van der Waals surface area contributed by atoms with Crippen LogP contribution in [0.15, 0.2) is 33.7 Å². The first-order chi connectivity index (χ1) is 9.72. The van der Waals surface area contributed by atoms with Gasteiger partial charge in [-0.05, 0) is 30.7 Å². The van der Waals surface area contributed by atoms with Gasteiger partial charge in [0.15, 0.2) is 5.96 Å². The molecule has 0 bridgehead atoms. The maximum Gasteiger partial charge on any atom is 0.192 e. The molecule has 1 saturated heterocycles. The number of anilines is 1. The molecule has 2 rings (SSSR count). The lowest BCUT2D eigenvalue weighted by Crippen LogP contribution is -2.44. The van der Waals surface area contributed by atoms with Crippen LogP contribution in [0, 0.1) is 12.3 Å². The van der Waals surface area contributed by atoms with Crippen molar-refractivity contribution >= 4 is 27.6 Å². The van der Waals surface area contributed by atoms with Crippen molar-refractivity contribution in [3.8, 4) is 12.3 Å². The van der Waals surface area contributed by atoms with Crippen LogP contribution in [-0.2, 0) is 0 Å². The van der Waals surface area contributed by atoms with Crippen LogP contribution < -0.4 is 15.5 Å². The Morgan fingerprint density at radius 2 is 2.25 bits per heavy atom. The minimum Gasteiger partial charge on any atom is -0.369 e. The van der Waals surface area contributed by atoms with Crippen LogP contribution in [0.2, 0.25) is 0 Å². The molecule has 1 aliphatic rings. The molecule has 1 atom stereocenters. The molecular weight excluding hydrogens is 316 g/mol. The highest BCUT2D eigenvalue weighted by molar-refractivity contribution is 9.10. The van der Waals surface area contributed by atoms with E-state index in [1.54, 1.807) is 7.05 Å². The number of benzene rings is 1. The molecular formula is C15H19BrN4. The summed E-state index contributed by atoms with van der Waals surface area (Å²) in [7, 11) is 1.76. The third-order valence-corrected chi connectivity index (χ3v) is 3.83. The molecule has 0 spiro atoms. The first kappa shape index (κ1) is 14.7. The quantitative estimate of drug-likeness (QED) is 0.503. The van der Waals surface area contributed by atoms with Crippen LogP contribution >= 0.6 is 15.9 Å². The smallest absolute Gasteiger partial charge is 0.192 e. The summed E-state index contributed by atoms with van der Waals surface area (Å²) in [5.41, 5.74) is 1.25. The fraction of sp³-hybridized carbons (Fsp3) is 0.400. The molecule has 1 fully saturated rings. The van der Waals surface area contributed by atoms with Gasteiger partial charge in [-0.2, -0.15) is 0 Å². The maximum absolute atomic E-state index is 5.24. The van der Waals surface area contributed by atoms with Crippen molar-refractivity contribution in [3.05, 3.63) is 28.7 Å². The van der Waals surface area contributed by atoms with Crippen molar-refractivity contribution in [1.29, 1.82) is 0 Å². The van der Waals surface area contributed by atoms with E-state index >= 15 is 0 Å². The maximum atomic E-state index is 5.24. The number of guanidine groups is 1. The first-order valence-corrected chi connectivity index (χ1v) is 7.43. The van der Waals surface area contributed by atoms with Crippen molar-refractivity contribution in [2.45, 2.75) is 12.5 Å². The molecule has 1 unspecified atom stereocenters. The molecule has 0 radical (unpaired) electrons. The van der Waals surface area contributed by atoms with Gasteiger partial charge >= 0.3 is 0 Å². The third-order valence-electron chi connectivity index (χ3n) is 3.30. The molecule has 20 heavy (non-hydrogen) atoms. The summed E-state index contributed by atoms with van der Waals surface area (Å²) < 4.78 is 1.11. The van der Waals surface area contributed by atoms with Gasteiger partial charge in [0.05, 0.1) is 6.54 Å². The molecule has 2 N–H and O–H groups in total. The zero-order valence-electron chi connectivity index (χ0n) is 11.6. The average Bonchev–Trinajstić information content (AvgIpc) is 2.92. The average molecular weight is 335 g/mol. The number of hydrogen-bond donors (Lipinski definition) is 2. The second-order valence-corrected chi connectivity index (χ2v) is 5.60. The lowest BCUT2D eigenvalue weighted by molar-refractivity contribution is 0.655. The number of hydrogen-bond acceptors (Lipinski definition) is 2. The van der Waals surface area contributed by atoms with Crippen LogP contribution in [-0.4, -0.2) is 38.7 Å². The summed E-state index contributed by atoms with van der Waals surface area (Å²) in [6, 6.07) is 8.81. The fourth-order valence-corrected chi connectivity index (χ4v) is 2.55. The zero-order chi connectivity index (χ0) is 14.4. The summed E-state index contributed by atoms with van der Waals surface area (Å²) in [6.07, 6.45) is 6.33. The highest BCUT2D eigenvalue weighted by atomic mass is 79.9. The largest absolute Gasteiger partial charge is 0.369 e. The topological polar surface area (TPSA) is 39.7 Å². The molecule has 0 amide bonds. The Morgan fingerprint density at radius 3 is 2.90 bits per heavy atom. The van der Waals surface area contributed by atoms with Gasteiger partial charge in [-0.25, -0.2) is 0 Å². The van der Waals surface area contributed by atoms with E-state index in [1.807, 2.05) is 0 Å². The SMILES string of the molecule is C#CCNC(=NC)NC1CCN(c2ccc(Br)cc2)C1. The molecule has 5 heteroatoms. The zero-order valence-corrected chi connectivity index (χ0v) is 13.2. The van der Waals surface area contributed by atoms with Gasteiger partial charge in [0.25, 0.3) is 0 Å². The third kappa shape index (κ3) is 3.91. The molecule has 0 aromatic heterocycles. The first-order valence-electron chi connectivity index (χ1n) is 6.64. The van der Waals surface area contributed by atoms with Crippen molar-refractivity contribution in [1.82, 2.24) is 10.6 Å². The second-order valence-electron chi connectivity index (χ2n) is 4.68. The fourth-order valence-electron chi connectivity index (χ4n) is 2.29. The van der Waals surface area contributed by atoms with E-state index < -0.39 is 0 Å². The molecule has 1 aliphatic heterocycles. The van der Waals surface area contributed by atoms with Crippen LogP contribution in [0.25, 0.3) is 0 Å². The molecule has 4 nitrogen and oxygen atoms in total. The lowest BCUT2D eigenvalue weighted by atomic mass is 10.3. The minimum atomic E-state index is 0.391. The van der Waals surface area contributed by atoms with Gasteiger partial charge in [-0.3, -0.25) is 4.99 Å². The Bertz CT molecular complexity index is 504. The van der Waals surface area contributed by atoms with Gasteiger partial charge in [0.1, 0.15) is 0 Å². The summed E-state index contributed by atoms with van der Waals surface area (Å²) in [6.45, 7) is 2.51. The number of terminal acetylenes is 1. The lowest BCUT2D eigenvalue weighted by Gasteiger charge is -2.20. The van der Waals surface area contributed by atoms with E-state index in [2.05, 4.69) is 66.6 Å². The van der Waals surface area contributed by atoms with Crippen LogP contribution in [0.1, 0.15) is 6.42 Å². The van der Waals surface area contributed by atoms with Crippen LogP contribution in [0.4, 0.5) is 5.69 Å². The van der Waals surface area contributed by atoms with Crippen LogP contribution in [0.5, 0.6) is 0 Å².